The van der Waals surface area contributed by atoms with Crippen molar-refractivity contribution >= 4 is 22.8 Å². The fourth-order valence-electron chi connectivity index (χ4n) is 1.80. The van der Waals surface area contributed by atoms with Crippen molar-refractivity contribution in [1.29, 1.82) is 0 Å². The second-order valence-electron chi connectivity index (χ2n) is 4.06. The Labute approximate surface area is 106 Å². The van der Waals surface area contributed by atoms with Gasteiger partial charge in [0.15, 0.2) is 11.3 Å². The first-order valence-electron chi connectivity index (χ1n) is 5.42. The van der Waals surface area contributed by atoms with Gasteiger partial charge in [0.1, 0.15) is 11.2 Å². The van der Waals surface area contributed by atoms with Crippen molar-refractivity contribution in [2.24, 2.45) is 0 Å². The highest BCUT2D eigenvalue weighted by Gasteiger charge is 2.13. The summed E-state index contributed by atoms with van der Waals surface area (Å²) in [5.41, 5.74) is 6.60. The molecule has 0 radical (unpaired) electrons. The first kappa shape index (κ1) is 11.2. The number of nitrogen functional groups attached to an aromatic ring is 1. The third-order valence-corrected chi connectivity index (χ3v) is 2.76. The molecule has 0 bridgehead atoms. The molecular formula is C13H8N2O4. The van der Waals surface area contributed by atoms with Crippen LogP contribution < -0.4 is 11.2 Å². The molecule has 0 fully saturated rings. The Balaban J connectivity index is 2.36. The molecule has 0 aromatic heterocycles. The minimum Gasteiger partial charge on any atom is -0.478 e. The van der Waals surface area contributed by atoms with Crippen molar-refractivity contribution in [3.05, 3.63) is 46.1 Å². The van der Waals surface area contributed by atoms with Crippen LogP contribution in [-0.2, 0) is 0 Å². The summed E-state index contributed by atoms with van der Waals surface area (Å²) in [5, 5.41) is 8.91. The zero-order chi connectivity index (χ0) is 13.6. The second-order valence-corrected chi connectivity index (χ2v) is 4.06. The first-order valence-corrected chi connectivity index (χ1v) is 5.42. The lowest BCUT2D eigenvalue weighted by Gasteiger charge is -2.06. The Morgan fingerprint density at radius 2 is 2.05 bits per heavy atom. The number of rotatable bonds is 1. The van der Waals surface area contributed by atoms with Crippen LogP contribution in [0.5, 0.6) is 0 Å². The predicted octanol–water partition coefficient (Wildman–Crippen LogP) is 1.57. The molecule has 6 nitrogen and oxygen atoms in total. The maximum absolute atomic E-state index is 11.4. The molecule has 1 aromatic rings. The monoisotopic (exact) mass is 256 g/mol. The Morgan fingerprint density at radius 3 is 2.79 bits per heavy atom. The Hall–Kier alpha value is -2.89. The van der Waals surface area contributed by atoms with E-state index >= 15 is 0 Å². The number of hydrogen-bond donors (Lipinski definition) is 2. The minimum atomic E-state index is -1.06. The number of fused-ring (bicyclic) bond motifs is 2. The summed E-state index contributed by atoms with van der Waals surface area (Å²) in [6, 6.07) is 7.02. The van der Waals surface area contributed by atoms with Crippen LogP contribution >= 0.6 is 0 Å². The van der Waals surface area contributed by atoms with Crippen molar-refractivity contribution in [3.8, 4) is 11.5 Å². The number of carbonyl (C=O) groups is 1. The summed E-state index contributed by atoms with van der Waals surface area (Å²) in [5.74, 6) is -0.784. The Kier molecular flexibility index (Phi) is 2.25. The molecule has 1 aliphatic carbocycles. The van der Waals surface area contributed by atoms with Gasteiger partial charge >= 0.3 is 5.97 Å². The molecule has 0 unspecified atom stereocenters. The van der Waals surface area contributed by atoms with E-state index in [9.17, 15) is 9.59 Å². The average molecular weight is 256 g/mol. The van der Waals surface area contributed by atoms with E-state index in [0.29, 0.717) is 16.8 Å². The fraction of sp³-hybridized carbons (Fsp3) is 0. The van der Waals surface area contributed by atoms with Crippen molar-refractivity contribution < 1.29 is 14.3 Å². The summed E-state index contributed by atoms with van der Waals surface area (Å²) in [4.78, 5) is 26.6. The molecule has 0 amide bonds. The van der Waals surface area contributed by atoms with E-state index in [0.717, 1.165) is 0 Å². The number of nitrogens with zero attached hydrogens (tertiary/aromatic N) is 1. The molecule has 0 saturated carbocycles. The van der Waals surface area contributed by atoms with Crippen LogP contribution in [0.3, 0.4) is 0 Å². The highest BCUT2D eigenvalue weighted by Crippen LogP contribution is 2.25. The lowest BCUT2D eigenvalue weighted by molar-refractivity contribution is 0.0697. The molecule has 1 aromatic carbocycles. The van der Waals surface area contributed by atoms with Crippen LogP contribution in [0.15, 0.2) is 39.5 Å². The van der Waals surface area contributed by atoms with Crippen LogP contribution in [-0.4, -0.2) is 16.1 Å². The van der Waals surface area contributed by atoms with Gasteiger partial charge in [0, 0.05) is 6.07 Å². The summed E-state index contributed by atoms with van der Waals surface area (Å²) in [6.07, 6.45) is 0. The molecule has 94 valence electrons. The Bertz CT molecular complexity index is 838. The smallest absolute Gasteiger partial charge is 0.335 e. The summed E-state index contributed by atoms with van der Waals surface area (Å²) >= 11 is 0. The maximum atomic E-state index is 11.4. The number of nitrogens with two attached hydrogens (primary N) is 1. The molecule has 1 heterocycles. The van der Waals surface area contributed by atoms with Gasteiger partial charge < -0.3 is 15.3 Å². The van der Waals surface area contributed by atoms with Gasteiger partial charge in [-0.2, -0.15) is 0 Å². The molecule has 0 atom stereocenters. The lowest BCUT2D eigenvalue weighted by atomic mass is 10.1. The zero-order valence-corrected chi connectivity index (χ0v) is 9.58. The molecule has 19 heavy (non-hydrogen) atoms. The SMILES string of the molecule is Nc1cc2nc3ccc(C(=O)O)cc3oc-2cc1=O. The van der Waals surface area contributed by atoms with E-state index in [4.69, 9.17) is 15.3 Å². The van der Waals surface area contributed by atoms with Gasteiger partial charge in [-0.05, 0) is 24.3 Å². The molecule has 0 saturated heterocycles. The van der Waals surface area contributed by atoms with E-state index in [1.54, 1.807) is 6.07 Å². The lowest BCUT2D eigenvalue weighted by Crippen LogP contribution is -2.08. The van der Waals surface area contributed by atoms with E-state index in [2.05, 4.69) is 4.98 Å². The van der Waals surface area contributed by atoms with Crippen LogP contribution in [0.1, 0.15) is 10.4 Å². The van der Waals surface area contributed by atoms with E-state index < -0.39 is 5.97 Å². The van der Waals surface area contributed by atoms with Gasteiger partial charge in [0.05, 0.1) is 11.3 Å². The molecular weight excluding hydrogens is 248 g/mol. The van der Waals surface area contributed by atoms with Crippen molar-refractivity contribution in [1.82, 2.24) is 4.98 Å². The van der Waals surface area contributed by atoms with E-state index in [-0.39, 0.29) is 22.4 Å². The van der Waals surface area contributed by atoms with Crippen molar-refractivity contribution in [2.45, 2.75) is 0 Å². The van der Waals surface area contributed by atoms with Gasteiger partial charge in [-0.15, -0.1) is 0 Å². The van der Waals surface area contributed by atoms with Crippen molar-refractivity contribution in [3.63, 3.8) is 0 Å². The highest BCUT2D eigenvalue weighted by atomic mass is 16.4. The van der Waals surface area contributed by atoms with Crippen LogP contribution in [0.2, 0.25) is 0 Å². The third-order valence-electron chi connectivity index (χ3n) is 2.76. The summed E-state index contributed by atoms with van der Waals surface area (Å²) in [7, 11) is 0. The number of aromatic carboxylic acids is 1. The van der Waals surface area contributed by atoms with Gasteiger partial charge in [-0.3, -0.25) is 4.79 Å². The van der Waals surface area contributed by atoms with Gasteiger partial charge in [-0.1, -0.05) is 0 Å². The zero-order valence-electron chi connectivity index (χ0n) is 9.58. The number of hydrogen-bond acceptors (Lipinski definition) is 5. The number of carboxylic acids is 1. The van der Waals surface area contributed by atoms with Gasteiger partial charge in [-0.25, -0.2) is 9.78 Å². The van der Waals surface area contributed by atoms with E-state index in [1.165, 1.54) is 24.3 Å². The van der Waals surface area contributed by atoms with Gasteiger partial charge in [0.25, 0.3) is 0 Å². The Morgan fingerprint density at radius 1 is 1.26 bits per heavy atom. The number of aromatic nitrogens is 1. The van der Waals surface area contributed by atoms with Crippen LogP contribution in [0, 0.1) is 0 Å². The van der Waals surface area contributed by atoms with Crippen molar-refractivity contribution in [2.75, 3.05) is 5.73 Å². The first-order chi connectivity index (χ1) is 9.04. The predicted molar refractivity (Wildman–Crippen MR) is 68.3 cm³/mol. The maximum Gasteiger partial charge on any atom is 0.335 e. The highest BCUT2D eigenvalue weighted by molar-refractivity contribution is 5.92. The molecule has 6 heteroatoms. The number of anilines is 1. The van der Waals surface area contributed by atoms with E-state index in [1.807, 2.05) is 0 Å². The average Bonchev–Trinajstić information content (AvgIpc) is 2.37. The van der Waals surface area contributed by atoms with Gasteiger partial charge in [0.2, 0.25) is 5.43 Å². The summed E-state index contributed by atoms with van der Waals surface area (Å²) < 4.78 is 5.49. The fourth-order valence-corrected chi connectivity index (χ4v) is 1.80. The molecule has 0 spiro atoms. The molecule has 2 aliphatic rings. The topological polar surface area (TPSA) is 106 Å². The van der Waals surface area contributed by atoms with Crippen LogP contribution in [0.4, 0.5) is 5.69 Å². The number of carboxylic acid groups (broad SMARTS) is 1. The standard InChI is InChI=1S/C13H8N2O4/c14-7-4-9-12(5-10(7)16)19-11-3-6(13(17)18)1-2-8(11)15-9/h1-5H,14H2,(H,17,18). The third kappa shape index (κ3) is 1.79. The largest absolute Gasteiger partial charge is 0.478 e. The molecule has 3 rings (SSSR count). The van der Waals surface area contributed by atoms with Crippen LogP contribution in [0.25, 0.3) is 22.6 Å². The summed E-state index contributed by atoms with van der Waals surface area (Å²) in [6.45, 7) is 0. The normalized spacial score (nSPS) is 10.9. The quantitative estimate of drug-likeness (QED) is 0.505. The second kappa shape index (κ2) is 3.81. The minimum absolute atomic E-state index is 0.0928. The number of benzene rings is 2. The molecule has 3 N–H and O–H groups in total. The molecule has 1 aliphatic heterocycles.